The maximum atomic E-state index is 13.2. The molecule has 2 heterocycles. The van der Waals surface area contributed by atoms with E-state index in [4.69, 9.17) is 4.74 Å². The molecule has 3 amide bonds. The van der Waals surface area contributed by atoms with E-state index in [1.807, 2.05) is 47.4 Å². The molecule has 0 radical (unpaired) electrons. The molecule has 2 fully saturated rings. The summed E-state index contributed by atoms with van der Waals surface area (Å²) in [6.45, 7) is 5.46. The highest BCUT2D eigenvalue weighted by Gasteiger charge is 2.49. The number of urea groups is 1. The maximum Gasteiger partial charge on any atom is 0.326 e. The van der Waals surface area contributed by atoms with Gasteiger partial charge < -0.3 is 10.1 Å². The van der Waals surface area contributed by atoms with Crippen LogP contribution in [-0.4, -0.2) is 54.1 Å². The molecular formula is C23H27N3O4. The summed E-state index contributed by atoms with van der Waals surface area (Å²) in [5.41, 5.74) is -0.326. The minimum Gasteiger partial charge on any atom is -0.466 e. The molecule has 1 atom stereocenters. The van der Waals surface area contributed by atoms with Gasteiger partial charge in [0.2, 0.25) is 0 Å². The Kier molecular flexibility index (Phi) is 5.47. The van der Waals surface area contributed by atoms with Gasteiger partial charge >= 0.3 is 12.0 Å². The van der Waals surface area contributed by atoms with Gasteiger partial charge in [0.05, 0.1) is 19.2 Å². The molecule has 0 aromatic heterocycles. The molecule has 4 rings (SSSR count). The second-order valence-corrected chi connectivity index (χ2v) is 8.14. The van der Waals surface area contributed by atoms with Gasteiger partial charge in [-0.1, -0.05) is 36.4 Å². The molecule has 7 nitrogen and oxygen atoms in total. The van der Waals surface area contributed by atoms with Crippen molar-refractivity contribution in [2.45, 2.75) is 32.2 Å². The fourth-order valence-electron chi connectivity index (χ4n) is 4.29. The van der Waals surface area contributed by atoms with Crippen LogP contribution in [0.25, 0.3) is 10.8 Å². The average Bonchev–Trinajstić information content (AvgIpc) is 2.98. The Morgan fingerprint density at radius 2 is 1.83 bits per heavy atom. The van der Waals surface area contributed by atoms with Crippen LogP contribution in [-0.2, 0) is 19.9 Å². The predicted molar refractivity (Wildman–Crippen MR) is 112 cm³/mol. The summed E-state index contributed by atoms with van der Waals surface area (Å²) in [5, 5.41) is 4.99. The quantitative estimate of drug-likeness (QED) is 0.607. The topological polar surface area (TPSA) is 79.0 Å². The van der Waals surface area contributed by atoms with Crippen molar-refractivity contribution in [3.63, 3.8) is 0 Å². The first-order valence-electron chi connectivity index (χ1n) is 10.4. The molecule has 2 aromatic rings. The van der Waals surface area contributed by atoms with Crippen LogP contribution in [0, 0.1) is 5.92 Å². The zero-order valence-electron chi connectivity index (χ0n) is 17.4. The Balaban J connectivity index is 1.45. The van der Waals surface area contributed by atoms with Gasteiger partial charge in [-0.15, -0.1) is 0 Å². The Labute approximate surface area is 176 Å². The normalized spacial score (nSPS) is 23.1. The van der Waals surface area contributed by atoms with Gasteiger partial charge in [-0.2, -0.15) is 0 Å². The van der Waals surface area contributed by atoms with E-state index in [0.29, 0.717) is 32.5 Å². The van der Waals surface area contributed by atoms with E-state index >= 15 is 0 Å². The first-order chi connectivity index (χ1) is 14.4. The van der Waals surface area contributed by atoms with Crippen molar-refractivity contribution in [1.82, 2.24) is 15.1 Å². The van der Waals surface area contributed by atoms with E-state index in [9.17, 15) is 14.4 Å². The number of imide groups is 1. The van der Waals surface area contributed by atoms with Crippen LogP contribution in [0.2, 0.25) is 0 Å². The molecule has 1 N–H and O–H groups in total. The van der Waals surface area contributed by atoms with Crippen molar-refractivity contribution in [2.24, 2.45) is 5.92 Å². The third-order valence-electron chi connectivity index (χ3n) is 6.15. The molecule has 0 saturated carbocycles. The molecule has 0 aliphatic carbocycles. The summed E-state index contributed by atoms with van der Waals surface area (Å²) in [4.78, 5) is 41.1. The summed E-state index contributed by atoms with van der Waals surface area (Å²) in [5.74, 6) is -0.515. The minimum absolute atomic E-state index is 0.104. The lowest BCUT2D eigenvalue weighted by atomic mass is 9.90. The fraction of sp³-hybridized carbons (Fsp3) is 0.435. The number of rotatable bonds is 5. The minimum atomic E-state index is -1.09. The number of nitrogens with one attached hydrogen (secondary N) is 1. The lowest BCUT2D eigenvalue weighted by Crippen LogP contribution is -2.46. The van der Waals surface area contributed by atoms with Gasteiger partial charge in [0.25, 0.3) is 5.91 Å². The van der Waals surface area contributed by atoms with Crippen LogP contribution < -0.4 is 5.32 Å². The van der Waals surface area contributed by atoms with Gasteiger partial charge in [-0.25, -0.2) is 9.69 Å². The van der Waals surface area contributed by atoms with Crippen molar-refractivity contribution in [2.75, 3.05) is 26.4 Å². The monoisotopic (exact) mass is 409 g/mol. The standard InChI is InChI=1S/C23H27N3O4/c1-3-30-20(27)17-10-12-25(13-11-17)15-26-21(28)23(2,24-22(26)29)19-9-8-16-6-4-5-7-18(16)14-19/h4-9,14,17H,3,10-13,15H2,1-2H3,(H,24,29)/t23-/m0/s1. The van der Waals surface area contributed by atoms with E-state index < -0.39 is 5.54 Å². The Morgan fingerprint density at radius 3 is 2.53 bits per heavy atom. The number of benzene rings is 2. The Bertz CT molecular complexity index is 983. The Morgan fingerprint density at radius 1 is 1.13 bits per heavy atom. The molecule has 0 spiro atoms. The molecular weight excluding hydrogens is 382 g/mol. The van der Waals surface area contributed by atoms with Crippen LogP contribution in [0.15, 0.2) is 42.5 Å². The Hall–Kier alpha value is -2.93. The number of fused-ring (bicyclic) bond motifs is 1. The van der Waals surface area contributed by atoms with Crippen LogP contribution in [0.1, 0.15) is 32.3 Å². The number of hydrogen-bond acceptors (Lipinski definition) is 5. The lowest BCUT2D eigenvalue weighted by Gasteiger charge is -2.32. The first-order valence-corrected chi connectivity index (χ1v) is 10.4. The van der Waals surface area contributed by atoms with Gasteiger partial charge in [0, 0.05) is 13.1 Å². The second kappa shape index (κ2) is 8.07. The number of ether oxygens (including phenoxy) is 1. The number of carbonyl (C=O) groups excluding carboxylic acids is 3. The lowest BCUT2D eigenvalue weighted by molar-refractivity contribution is -0.150. The van der Waals surface area contributed by atoms with Crippen LogP contribution >= 0.6 is 0 Å². The largest absolute Gasteiger partial charge is 0.466 e. The molecule has 0 unspecified atom stereocenters. The van der Waals surface area contributed by atoms with Gasteiger partial charge in [-0.3, -0.25) is 14.5 Å². The zero-order valence-corrected chi connectivity index (χ0v) is 17.4. The highest BCUT2D eigenvalue weighted by Crippen LogP contribution is 2.31. The van der Waals surface area contributed by atoms with E-state index in [0.717, 1.165) is 16.3 Å². The van der Waals surface area contributed by atoms with E-state index in [2.05, 4.69) is 5.32 Å². The van der Waals surface area contributed by atoms with Crippen molar-refractivity contribution >= 4 is 28.7 Å². The molecule has 30 heavy (non-hydrogen) atoms. The highest BCUT2D eigenvalue weighted by molar-refractivity contribution is 6.07. The van der Waals surface area contributed by atoms with E-state index in [-0.39, 0.29) is 30.5 Å². The smallest absolute Gasteiger partial charge is 0.326 e. The van der Waals surface area contributed by atoms with Gasteiger partial charge in [-0.05, 0) is 49.1 Å². The number of nitrogens with zero attached hydrogens (tertiary/aromatic N) is 2. The van der Waals surface area contributed by atoms with E-state index in [1.165, 1.54) is 4.90 Å². The molecule has 2 aliphatic heterocycles. The summed E-state index contributed by atoms with van der Waals surface area (Å²) >= 11 is 0. The second-order valence-electron chi connectivity index (χ2n) is 8.14. The number of piperidine rings is 1. The number of carbonyl (C=O) groups is 3. The van der Waals surface area contributed by atoms with Crippen LogP contribution in [0.3, 0.4) is 0 Å². The predicted octanol–water partition coefficient (Wildman–Crippen LogP) is 2.84. The fourth-order valence-corrected chi connectivity index (χ4v) is 4.29. The molecule has 2 aliphatic rings. The average molecular weight is 409 g/mol. The van der Waals surface area contributed by atoms with Crippen molar-refractivity contribution in [3.8, 4) is 0 Å². The first kappa shape index (κ1) is 20.3. The number of hydrogen-bond donors (Lipinski definition) is 1. The summed E-state index contributed by atoms with van der Waals surface area (Å²) in [6.07, 6.45) is 1.34. The van der Waals surface area contributed by atoms with Crippen molar-refractivity contribution in [1.29, 1.82) is 0 Å². The molecule has 158 valence electrons. The molecule has 2 aromatic carbocycles. The summed E-state index contributed by atoms with van der Waals surface area (Å²) in [6, 6.07) is 13.4. The van der Waals surface area contributed by atoms with Crippen LogP contribution in [0.4, 0.5) is 4.79 Å². The third-order valence-corrected chi connectivity index (χ3v) is 6.15. The van der Waals surface area contributed by atoms with Crippen LogP contribution in [0.5, 0.6) is 0 Å². The highest BCUT2D eigenvalue weighted by atomic mass is 16.5. The SMILES string of the molecule is CCOC(=O)C1CCN(CN2C(=O)N[C@@](C)(c3ccc4ccccc4c3)C2=O)CC1. The third kappa shape index (κ3) is 3.65. The maximum absolute atomic E-state index is 13.2. The summed E-state index contributed by atoms with van der Waals surface area (Å²) < 4.78 is 5.10. The number of likely N-dealkylation sites (tertiary alicyclic amines) is 1. The summed E-state index contributed by atoms with van der Waals surface area (Å²) in [7, 11) is 0. The molecule has 2 saturated heterocycles. The number of amides is 3. The zero-order chi connectivity index (χ0) is 21.3. The van der Waals surface area contributed by atoms with Gasteiger partial charge in [0.1, 0.15) is 5.54 Å². The number of esters is 1. The van der Waals surface area contributed by atoms with Gasteiger partial charge in [0.15, 0.2) is 0 Å². The molecule has 7 heteroatoms. The molecule has 0 bridgehead atoms. The van der Waals surface area contributed by atoms with Crippen molar-refractivity contribution < 1.29 is 19.1 Å². The van der Waals surface area contributed by atoms with Crippen molar-refractivity contribution in [3.05, 3.63) is 48.0 Å². The van der Waals surface area contributed by atoms with E-state index in [1.54, 1.807) is 13.8 Å².